The van der Waals surface area contributed by atoms with Gasteiger partial charge in [-0.15, -0.1) is 0 Å². The smallest absolute Gasteiger partial charge is 0.383 e. The Labute approximate surface area is 117 Å². The van der Waals surface area contributed by atoms with Gasteiger partial charge >= 0.3 is 6.18 Å². The minimum absolute atomic E-state index is 0.339. The lowest BCUT2D eigenvalue weighted by Gasteiger charge is -2.38. The molecule has 1 fully saturated rings. The van der Waals surface area contributed by atoms with Gasteiger partial charge in [0.05, 0.1) is 12.2 Å². The third kappa shape index (κ3) is 3.52. The van der Waals surface area contributed by atoms with Crippen LogP contribution in [0.15, 0.2) is 24.3 Å². The maximum absolute atomic E-state index is 13.1. The van der Waals surface area contributed by atoms with Crippen molar-refractivity contribution in [2.24, 2.45) is 0 Å². The lowest BCUT2D eigenvalue weighted by atomic mass is 9.82. The highest BCUT2D eigenvalue weighted by molar-refractivity contribution is 5.31. The van der Waals surface area contributed by atoms with E-state index >= 15 is 0 Å². The first-order valence-electron chi connectivity index (χ1n) is 6.86. The van der Waals surface area contributed by atoms with Crippen LogP contribution in [0, 0.1) is 0 Å². The highest BCUT2D eigenvalue weighted by Crippen LogP contribution is 2.34. The van der Waals surface area contributed by atoms with Crippen LogP contribution < -0.4 is 5.32 Å². The lowest BCUT2D eigenvalue weighted by molar-refractivity contribution is -0.138. The van der Waals surface area contributed by atoms with E-state index in [1.165, 1.54) is 6.07 Å². The molecular formula is C15H20F3NO. The zero-order valence-electron chi connectivity index (χ0n) is 11.6. The summed E-state index contributed by atoms with van der Waals surface area (Å²) in [7, 11) is 1.59. The maximum atomic E-state index is 13.1. The van der Waals surface area contributed by atoms with Crippen molar-refractivity contribution in [2.45, 2.75) is 37.4 Å². The molecule has 0 saturated carbocycles. The van der Waals surface area contributed by atoms with Gasteiger partial charge in [-0.1, -0.05) is 24.6 Å². The van der Waals surface area contributed by atoms with Crippen LogP contribution in [0.5, 0.6) is 0 Å². The molecule has 0 radical (unpaired) electrons. The van der Waals surface area contributed by atoms with Crippen LogP contribution in [-0.4, -0.2) is 25.8 Å². The van der Waals surface area contributed by atoms with E-state index in [-0.39, 0.29) is 5.54 Å². The second kappa shape index (κ2) is 6.14. The second-order valence-corrected chi connectivity index (χ2v) is 5.43. The molecule has 1 aromatic carbocycles. The number of nitrogens with one attached hydrogen (secondary N) is 1. The predicted molar refractivity (Wildman–Crippen MR) is 71.6 cm³/mol. The SMILES string of the molecule is COCC1(Cc2ccccc2C(F)(F)F)CCCCN1. The molecule has 0 aromatic heterocycles. The first-order valence-corrected chi connectivity index (χ1v) is 6.86. The number of hydrogen-bond acceptors (Lipinski definition) is 2. The molecule has 0 bridgehead atoms. The van der Waals surface area contributed by atoms with Crippen molar-refractivity contribution in [1.82, 2.24) is 5.32 Å². The molecule has 112 valence electrons. The van der Waals surface area contributed by atoms with Crippen molar-refractivity contribution < 1.29 is 17.9 Å². The number of hydrogen-bond donors (Lipinski definition) is 1. The molecule has 1 heterocycles. The van der Waals surface area contributed by atoms with Gasteiger partial charge < -0.3 is 10.1 Å². The van der Waals surface area contributed by atoms with Crippen molar-refractivity contribution in [3.63, 3.8) is 0 Å². The van der Waals surface area contributed by atoms with E-state index in [1.54, 1.807) is 19.2 Å². The van der Waals surface area contributed by atoms with E-state index < -0.39 is 11.7 Å². The van der Waals surface area contributed by atoms with E-state index in [1.807, 2.05) is 0 Å². The molecule has 0 spiro atoms. The molecule has 1 saturated heterocycles. The number of benzene rings is 1. The third-order valence-electron chi connectivity index (χ3n) is 3.85. The van der Waals surface area contributed by atoms with Gasteiger partial charge in [0.2, 0.25) is 0 Å². The first-order chi connectivity index (χ1) is 9.47. The van der Waals surface area contributed by atoms with Crippen LogP contribution in [0.2, 0.25) is 0 Å². The highest BCUT2D eigenvalue weighted by atomic mass is 19.4. The largest absolute Gasteiger partial charge is 0.416 e. The van der Waals surface area contributed by atoms with Crippen molar-refractivity contribution in [3.05, 3.63) is 35.4 Å². The Kier molecular flexibility index (Phi) is 4.70. The van der Waals surface area contributed by atoms with Gasteiger partial charge in [0, 0.05) is 12.6 Å². The van der Waals surface area contributed by atoms with Crippen LogP contribution in [0.25, 0.3) is 0 Å². The number of ether oxygens (including phenoxy) is 1. The summed E-state index contributed by atoms with van der Waals surface area (Å²) in [4.78, 5) is 0. The average molecular weight is 287 g/mol. The van der Waals surface area contributed by atoms with E-state index in [0.29, 0.717) is 18.6 Å². The van der Waals surface area contributed by atoms with Crippen molar-refractivity contribution >= 4 is 0 Å². The average Bonchev–Trinajstić information content (AvgIpc) is 2.39. The van der Waals surface area contributed by atoms with Gasteiger partial charge in [0.1, 0.15) is 0 Å². The molecule has 2 rings (SSSR count). The monoisotopic (exact) mass is 287 g/mol. The molecular weight excluding hydrogens is 267 g/mol. The van der Waals surface area contributed by atoms with E-state index in [4.69, 9.17) is 4.74 Å². The number of alkyl halides is 3. The molecule has 5 heteroatoms. The Bertz CT molecular complexity index is 433. The van der Waals surface area contributed by atoms with Crippen LogP contribution in [0.3, 0.4) is 0 Å². The molecule has 2 nitrogen and oxygen atoms in total. The number of methoxy groups -OCH3 is 1. The standard InChI is InChI=1S/C15H20F3NO/c1-20-11-14(8-4-5-9-19-14)10-12-6-2-3-7-13(12)15(16,17)18/h2-3,6-7,19H,4-5,8-11H2,1H3. The Morgan fingerprint density at radius 3 is 2.60 bits per heavy atom. The molecule has 0 amide bonds. The second-order valence-electron chi connectivity index (χ2n) is 5.43. The Balaban J connectivity index is 2.27. The highest BCUT2D eigenvalue weighted by Gasteiger charge is 2.37. The lowest BCUT2D eigenvalue weighted by Crippen LogP contribution is -2.53. The summed E-state index contributed by atoms with van der Waals surface area (Å²) < 4.78 is 44.4. The number of piperidine rings is 1. The molecule has 1 aromatic rings. The van der Waals surface area contributed by atoms with E-state index in [2.05, 4.69) is 5.32 Å². The van der Waals surface area contributed by atoms with Crippen LogP contribution in [0.4, 0.5) is 13.2 Å². The maximum Gasteiger partial charge on any atom is 0.416 e. The fraction of sp³-hybridized carbons (Fsp3) is 0.600. The van der Waals surface area contributed by atoms with Crippen molar-refractivity contribution in [3.8, 4) is 0 Å². The van der Waals surface area contributed by atoms with Gasteiger partial charge in [0.25, 0.3) is 0 Å². The van der Waals surface area contributed by atoms with Crippen LogP contribution in [0.1, 0.15) is 30.4 Å². The third-order valence-corrected chi connectivity index (χ3v) is 3.85. The summed E-state index contributed by atoms with van der Waals surface area (Å²) in [6.07, 6.45) is -1.04. The molecule has 0 aliphatic carbocycles. The summed E-state index contributed by atoms with van der Waals surface area (Å²) in [6.45, 7) is 1.26. The molecule has 20 heavy (non-hydrogen) atoms. The fourth-order valence-corrected chi connectivity index (χ4v) is 2.95. The molecule has 1 unspecified atom stereocenters. The van der Waals surface area contributed by atoms with Crippen molar-refractivity contribution in [1.29, 1.82) is 0 Å². The van der Waals surface area contributed by atoms with Gasteiger partial charge in [0.15, 0.2) is 0 Å². The molecule has 1 aliphatic heterocycles. The van der Waals surface area contributed by atoms with E-state index in [9.17, 15) is 13.2 Å². The minimum atomic E-state index is -4.31. The van der Waals surface area contributed by atoms with Crippen LogP contribution in [-0.2, 0) is 17.3 Å². The fourth-order valence-electron chi connectivity index (χ4n) is 2.95. The molecule has 1 N–H and O–H groups in total. The van der Waals surface area contributed by atoms with Crippen molar-refractivity contribution in [2.75, 3.05) is 20.3 Å². The quantitative estimate of drug-likeness (QED) is 0.916. The predicted octanol–water partition coefficient (Wildman–Crippen LogP) is 3.41. The summed E-state index contributed by atoms with van der Waals surface area (Å²) in [5.41, 5.74) is -0.580. The molecule has 1 atom stereocenters. The zero-order chi connectivity index (χ0) is 14.6. The van der Waals surface area contributed by atoms with Gasteiger partial charge in [-0.2, -0.15) is 13.2 Å². The topological polar surface area (TPSA) is 21.3 Å². The van der Waals surface area contributed by atoms with Crippen LogP contribution >= 0.6 is 0 Å². The zero-order valence-corrected chi connectivity index (χ0v) is 11.6. The summed E-state index contributed by atoms with van der Waals surface area (Å²) in [6, 6.07) is 5.81. The normalized spacial score (nSPS) is 23.8. The summed E-state index contributed by atoms with van der Waals surface area (Å²) >= 11 is 0. The molecule has 1 aliphatic rings. The Morgan fingerprint density at radius 2 is 2.00 bits per heavy atom. The minimum Gasteiger partial charge on any atom is -0.383 e. The Hall–Kier alpha value is -1.07. The number of rotatable bonds is 4. The summed E-state index contributed by atoms with van der Waals surface area (Å²) in [5, 5.41) is 3.37. The summed E-state index contributed by atoms with van der Waals surface area (Å²) in [5.74, 6) is 0. The first kappa shape index (κ1) is 15.3. The van der Waals surface area contributed by atoms with E-state index in [0.717, 1.165) is 31.9 Å². The van der Waals surface area contributed by atoms with Gasteiger partial charge in [-0.3, -0.25) is 0 Å². The Morgan fingerprint density at radius 1 is 1.25 bits per heavy atom. The van der Waals surface area contributed by atoms with Gasteiger partial charge in [-0.25, -0.2) is 0 Å². The van der Waals surface area contributed by atoms with Gasteiger partial charge in [-0.05, 0) is 37.4 Å². The number of halogens is 3.